The second-order valence-corrected chi connectivity index (χ2v) is 9.18. The Hall–Kier alpha value is -2.11. The van der Waals surface area contributed by atoms with Gasteiger partial charge in [-0.25, -0.2) is 0 Å². The van der Waals surface area contributed by atoms with E-state index in [-0.39, 0.29) is 18.0 Å². The Balaban J connectivity index is 1.65. The molecule has 148 valence electrons. The average molecular weight is 471 g/mol. The molecule has 1 aliphatic carbocycles. The summed E-state index contributed by atoms with van der Waals surface area (Å²) in [6.45, 7) is 0. The van der Waals surface area contributed by atoms with E-state index in [2.05, 4.69) is 43.2 Å². The van der Waals surface area contributed by atoms with Crippen LogP contribution in [-0.2, 0) is 0 Å². The predicted molar refractivity (Wildman–Crippen MR) is 118 cm³/mol. The van der Waals surface area contributed by atoms with Crippen molar-refractivity contribution in [1.82, 2.24) is 15.1 Å². The summed E-state index contributed by atoms with van der Waals surface area (Å²) in [7, 11) is 0. The predicted octanol–water partition coefficient (Wildman–Crippen LogP) is 6.37. The largest absolute Gasteiger partial charge is 0.323 e. The Morgan fingerprint density at radius 3 is 2.38 bits per heavy atom. The number of amides is 1. The van der Waals surface area contributed by atoms with Gasteiger partial charge in [-0.1, -0.05) is 71.1 Å². The van der Waals surface area contributed by atoms with Gasteiger partial charge in [0.2, 0.25) is 0 Å². The fraction of sp³-hybridized carbons (Fsp3) is 0.304. The Morgan fingerprint density at radius 1 is 1.00 bits per heavy atom. The van der Waals surface area contributed by atoms with Crippen molar-refractivity contribution in [2.24, 2.45) is 0 Å². The van der Waals surface area contributed by atoms with Crippen LogP contribution < -0.4 is 0 Å². The van der Waals surface area contributed by atoms with Gasteiger partial charge >= 0.3 is 0 Å². The number of aromatic amines is 1. The highest BCUT2D eigenvalue weighted by atomic mass is 79.9. The molecule has 4 nitrogen and oxygen atoms in total. The number of aromatic nitrogens is 2. The van der Waals surface area contributed by atoms with Crippen LogP contribution in [0.15, 0.2) is 53.0 Å². The number of H-pyrrole nitrogens is 1. The number of carbonyl (C=O) groups excluding carboxylic acids is 1. The minimum absolute atomic E-state index is 0.0625. The van der Waals surface area contributed by atoms with E-state index in [4.69, 9.17) is 11.6 Å². The third-order valence-electron chi connectivity index (χ3n) is 6.08. The molecule has 1 N–H and O–H groups in total. The first kappa shape index (κ1) is 18.9. The normalized spacial score (nSPS) is 19.6. The van der Waals surface area contributed by atoms with Crippen LogP contribution in [0.5, 0.6) is 0 Å². The van der Waals surface area contributed by atoms with E-state index in [1.165, 1.54) is 19.3 Å². The van der Waals surface area contributed by atoms with Gasteiger partial charge in [-0.15, -0.1) is 0 Å². The molecule has 1 saturated carbocycles. The maximum absolute atomic E-state index is 13.5. The van der Waals surface area contributed by atoms with Crippen LogP contribution in [0.1, 0.15) is 59.8 Å². The van der Waals surface area contributed by atoms with Crippen molar-refractivity contribution in [1.29, 1.82) is 0 Å². The first-order chi connectivity index (χ1) is 14.1. The first-order valence-electron chi connectivity index (χ1n) is 10.1. The lowest BCUT2D eigenvalue weighted by atomic mass is 9.91. The Bertz CT molecular complexity index is 1040. The topological polar surface area (TPSA) is 49.0 Å². The van der Waals surface area contributed by atoms with Gasteiger partial charge in [0.25, 0.3) is 5.91 Å². The molecule has 3 aromatic rings. The first-order valence-corrected chi connectivity index (χ1v) is 11.2. The zero-order chi connectivity index (χ0) is 20.0. The van der Waals surface area contributed by atoms with Crippen molar-refractivity contribution in [3.8, 4) is 11.3 Å². The number of rotatable bonds is 3. The van der Waals surface area contributed by atoms with Gasteiger partial charge < -0.3 is 4.90 Å². The van der Waals surface area contributed by atoms with E-state index in [1.54, 1.807) is 0 Å². The van der Waals surface area contributed by atoms with Crippen molar-refractivity contribution in [3.05, 3.63) is 74.8 Å². The third kappa shape index (κ3) is 3.30. The highest BCUT2D eigenvalue weighted by Gasteiger charge is 2.45. The highest BCUT2D eigenvalue weighted by molar-refractivity contribution is 9.10. The molecular weight excluding hydrogens is 450 g/mol. The number of benzene rings is 2. The van der Waals surface area contributed by atoms with E-state index in [1.807, 2.05) is 36.4 Å². The Labute approximate surface area is 183 Å². The van der Waals surface area contributed by atoms with Gasteiger partial charge in [0.05, 0.1) is 11.7 Å². The molecule has 0 spiro atoms. The summed E-state index contributed by atoms with van der Waals surface area (Å²) in [5.41, 5.74) is 4.50. The zero-order valence-corrected chi connectivity index (χ0v) is 18.2. The molecule has 1 aromatic heterocycles. The molecule has 1 aliphatic heterocycles. The fourth-order valence-electron chi connectivity index (χ4n) is 4.70. The lowest BCUT2D eigenvalue weighted by Crippen LogP contribution is -2.40. The molecule has 2 heterocycles. The molecule has 6 heteroatoms. The maximum Gasteiger partial charge on any atom is 0.273 e. The molecule has 1 fully saturated rings. The van der Waals surface area contributed by atoms with Gasteiger partial charge in [0.15, 0.2) is 0 Å². The number of nitrogens with zero attached hydrogens (tertiary/aromatic N) is 2. The minimum atomic E-state index is -0.127. The number of carbonyl (C=O) groups is 1. The summed E-state index contributed by atoms with van der Waals surface area (Å²) in [5, 5.41) is 8.27. The monoisotopic (exact) mass is 469 g/mol. The van der Waals surface area contributed by atoms with Crippen LogP contribution in [0.4, 0.5) is 0 Å². The Kier molecular flexibility index (Phi) is 4.96. The van der Waals surface area contributed by atoms with Crippen LogP contribution in [0, 0.1) is 0 Å². The second kappa shape index (κ2) is 7.62. The molecule has 29 heavy (non-hydrogen) atoms. The summed E-state index contributed by atoms with van der Waals surface area (Å²) >= 11 is 9.61. The van der Waals surface area contributed by atoms with E-state index < -0.39 is 0 Å². The molecule has 1 amide bonds. The molecule has 2 aromatic carbocycles. The Morgan fingerprint density at radius 2 is 1.69 bits per heavy atom. The molecular formula is C23H21BrClN3O. The molecule has 5 rings (SSSR count). The molecule has 1 atom stereocenters. The molecule has 0 saturated heterocycles. The summed E-state index contributed by atoms with van der Waals surface area (Å²) in [6.07, 6.45) is 5.74. The quantitative estimate of drug-likeness (QED) is 0.483. The summed E-state index contributed by atoms with van der Waals surface area (Å²) < 4.78 is 1.03. The summed E-state index contributed by atoms with van der Waals surface area (Å²) in [5.74, 6) is 0.0625. The van der Waals surface area contributed by atoms with E-state index in [0.717, 1.165) is 39.7 Å². The number of hydrogen-bond donors (Lipinski definition) is 1. The van der Waals surface area contributed by atoms with Gasteiger partial charge in [0, 0.05) is 26.7 Å². The SMILES string of the molecule is O=C1c2[nH]nc(-c3ccc(Cl)cc3)c2C(c2ccc(Br)cc2)N1C1CCCCC1. The number of fused-ring (bicyclic) bond motifs is 1. The van der Waals surface area contributed by atoms with Gasteiger partial charge in [-0.05, 0) is 42.7 Å². The fourth-order valence-corrected chi connectivity index (χ4v) is 5.09. The van der Waals surface area contributed by atoms with Gasteiger partial charge in [0.1, 0.15) is 5.69 Å². The summed E-state index contributed by atoms with van der Waals surface area (Å²) in [4.78, 5) is 15.6. The van der Waals surface area contributed by atoms with Crippen molar-refractivity contribution in [3.63, 3.8) is 0 Å². The molecule has 2 aliphatic rings. The zero-order valence-electron chi connectivity index (χ0n) is 15.9. The van der Waals surface area contributed by atoms with Crippen LogP contribution >= 0.6 is 27.5 Å². The van der Waals surface area contributed by atoms with Crippen molar-refractivity contribution >= 4 is 33.4 Å². The lowest BCUT2D eigenvalue weighted by Gasteiger charge is -2.36. The third-order valence-corrected chi connectivity index (χ3v) is 6.86. The van der Waals surface area contributed by atoms with E-state index in [0.29, 0.717) is 10.7 Å². The van der Waals surface area contributed by atoms with Crippen LogP contribution in [-0.4, -0.2) is 27.0 Å². The number of nitrogens with one attached hydrogen (secondary N) is 1. The number of halogens is 2. The van der Waals surface area contributed by atoms with Gasteiger partial charge in [-0.3, -0.25) is 9.89 Å². The summed E-state index contributed by atoms with van der Waals surface area (Å²) in [6, 6.07) is 16.1. The minimum Gasteiger partial charge on any atom is -0.323 e. The van der Waals surface area contributed by atoms with Crippen LogP contribution in [0.3, 0.4) is 0 Å². The maximum atomic E-state index is 13.5. The molecule has 0 radical (unpaired) electrons. The highest BCUT2D eigenvalue weighted by Crippen LogP contribution is 2.45. The van der Waals surface area contributed by atoms with Crippen molar-refractivity contribution < 1.29 is 4.79 Å². The lowest BCUT2D eigenvalue weighted by molar-refractivity contribution is 0.0606. The van der Waals surface area contributed by atoms with Crippen LogP contribution in [0.25, 0.3) is 11.3 Å². The van der Waals surface area contributed by atoms with Crippen LogP contribution in [0.2, 0.25) is 5.02 Å². The van der Waals surface area contributed by atoms with E-state index in [9.17, 15) is 4.79 Å². The smallest absolute Gasteiger partial charge is 0.273 e. The van der Waals surface area contributed by atoms with E-state index >= 15 is 0 Å². The second-order valence-electron chi connectivity index (χ2n) is 7.83. The number of hydrogen-bond acceptors (Lipinski definition) is 2. The van der Waals surface area contributed by atoms with Crippen molar-refractivity contribution in [2.75, 3.05) is 0 Å². The molecule has 0 bridgehead atoms. The van der Waals surface area contributed by atoms with Crippen molar-refractivity contribution in [2.45, 2.75) is 44.2 Å². The average Bonchev–Trinajstić information content (AvgIpc) is 3.29. The van der Waals surface area contributed by atoms with Gasteiger partial charge in [-0.2, -0.15) is 5.10 Å². The molecule has 1 unspecified atom stereocenters. The standard InChI is InChI=1S/C23H21BrClN3O/c24-16-10-6-15(7-11-16)22-19-20(14-8-12-17(25)13-9-14)26-27-21(19)23(29)28(22)18-4-2-1-3-5-18/h6-13,18,22H,1-5H2,(H,26,27).